The van der Waals surface area contributed by atoms with Crippen LogP contribution in [-0.2, 0) is 13.3 Å². The van der Waals surface area contributed by atoms with E-state index in [0.29, 0.717) is 0 Å². The van der Waals surface area contributed by atoms with Crippen molar-refractivity contribution >= 4 is 8.80 Å². The second-order valence-electron chi connectivity index (χ2n) is 2.78. The monoisotopic (exact) mass is 226 g/mol. The Kier molecular flexibility index (Phi) is 5.46. The van der Waals surface area contributed by atoms with Gasteiger partial charge in [0.05, 0.1) is 0 Å². The molecule has 0 N–H and O–H groups in total. The maximum Gasteiger partial charge on any atom is 0.529 e. The molecule has 0 saturated carbocycles. The molecule has 15 heavy (non-hydrogen) atoms. The molecule has 0 heterocycles. The van der Waals surface area contributed by atoms with Gasteiger partial charge in [-0.05, 0) is 5.70 Å². The van der Waals surface area contributed by atoms with Gasteiger partial charge < -0.3 is 13.3 Å². The highest BCUT2D eigenvalue weighted by Gasteiger charge is 2.41. The largest absolute Gasteiger partial charge is 0.529 e. The zero-order chi connectivity index (χ0) is 11.9. The van der Waals surface area contributed by atoms with E-state index in [1.165, 1.54) is 19.9 Å². The van der Waals surface area contributed by atoms with Crippen molar-refractivity contribution in [2.24, 2.45) is 0 Å². The Balaban J connectivity index is 5.07. The van der Waals surface area contributed by atoms with Gasteiger partial charge >= 0.3 is 8.80 Å². The van der Waals surface area contributed by atoms with Crippen molar-refractivity contribution in [3.63, 3.8) is 0 Å². The summed E-state index contributed by atoms with van der Waals surface area (Å²) in [4.78, 5) is 0. The minimum absolute atomic E-state index is 0.855. The first-order valence-electron chi connectivity index (χ1n) is 4.42. The topological polar surface area (TPSA) is 27.7 Å². The first-order chi connectivity index (χ1) is 7.07. The summed E-state index contributed by atoms with van der Waals surface area (Å²) >= 11 is 0. The molecule has 4 heteroatoms. The molecule has 3 nitrogen and oxygen atoms in total. The average molecular weight is 226 g/mol. The molecule has 0 aromatic rings. The van der Waals surface area contributed by atoms with E-state index >= 15 is 0 Å². The van der Waals surface area contributed by atoms with Gasteiger partial charge in [0.15, 0.2) is 0 Å². The lowest BCUT2D eigenvalue weighted by Crippen LogP contribution is -2.48. The second kappa shape index (κ2) is 5.82. The molecule has 0 atom stereocenters. The van der Waals surface area contributed by atoms with Crippen LogP contribution in [0.3, 0.4) is 0 Å². The van der Waals surface area contributed by atoms with Crippen LogP contribution in [0.25, 0.3) is 0 Å². The second-order valence-corrected chi connectivity index (χ2v) is 5.42. The van der Waals surface area contributed by atoms with E-state index in [0.717, 1.165) is 0 Å². The normalized spacial score (nSPS) is 11.9. The van der Waals surface area contributed by atoms with Crippen LogP contribution < -0.4 is 0 Å². The van der Waals surface area contributed by atoms with Gasteiger partial charge in [-0.3, -0.25) is 0 Å². The molecule has 0 aromatic heterocycles. The molecule has 0 unspecified atom stereocenters. The third kappa shape index (κ3) is 3.00. The van der Waals surface area contributed by atoms with Crippen LogP contribution in [0.5, 0.6) is 0 Å². The van der Waals surface area contributed by atoms with Gasteiger partial charge in [-0.25, -0.2) is 0 Å². The fraction of sp³-hybridized carbons (Fsp3) is 0.273. The van der Waals surface area contributed by atoms with Crippen molar-refractivity contribution in [3.05, 3.63) is 50.2 Å². The summed E-state index contributed by atoms with van der Waals surface area (Å²) in [6.45, 7) is 14.7. The van der Waals surface area contributed by atoms with Crippen LogP contribution in [0.4, 0.5) is 0 Å². The van der Waals surface area contributed by atoms with E-state index in [9.17, 15) is 0 Å². The smallest absolute Gasteiger partial charge is 0.374 e. The van der Waals surface area contributed by atoms with Crippen molar-refractivity contribution in [3.8, 4) is 0 Å². The van der Waals surface area contributed by atoms with Crippen molar-refractivity contribution in [2.45, 2.75) is 5.60 Å². The maximum atomic E-state index is 5.74. The molecule has 0 spiro atoms. The van der Waals surface area contributed by atoms with E-state index in [4.69, 9.17) is 13.3 Å². The van der Waals surface area contributed by atoms with Crippen LogP contribution in [0, 0.1) is 0 Å². The highest BCUT2D eigenvalue weighted by atomic mass is 28.4. The summed E-state index contributed by atoms with van der Waals surface area (Å²) in [6.07, 6.45) is 4.74. The summed E-state index contributed by atoms with van der Waals surface area (Å²) < 4.78 is 16.2. The van der Waals surface area contributed by atoms with E-state index in [1.807, 2.05) is 0 Å². The van der Waals surface area contributed by atoms with Crippen molar-refractivity contribution < 1.29 is 13.3 Å². The van der Waals surface area contributed by atoms with Crippen LogP contribution in [0.2, 0.25) is 0 Å². The lowest BCUT2D eigenvalue weighted by atomic mass is 10.1. The van der Waals surface area contributed by atoms with E-state index < -0.39 is 14.4 Å². The summed E-state index contributed by atoms with van der Waals surface area (Å²) in [5.41, 5.74) is 0.685. The van der Waals surface area contributed by atoms with Gasteiger partial charge in [0.25, 0.3) is 0 Å². The maximum absolute atomic E-state index is 5.74. The molecule has 0 amide bonds. The quantitative estimate of drug-likeness (QED) is 0.469. The molecule has 0 radical (unpaired) electrons. The van der Waals surface area contributed by atoms with Crippen LogP contribution in [0.15, 0.2) is 50.2 Å². The van der Waals surface area contributed by atoms with Gasteiger partial charge in [0, 0.05) is 14.2 Å². The summed E-state index contributed by atoms with van der Waals surface area (Å²) in [5.74, 6) is 0. The van der Waals surface area contributed by atoms with E-state index in [2.05, 4.69) is 26.3 Å². The number of rotatable bonds is 8. The number of hydrogen-bond acceptors (Lipinski definition) is 3. The fourth-order valence-electron chi connectivity index (χ4n) is 0.996. The molecule has 0 aliphatic heterocycles. The lowest BCUT2D eigenvalue weighted by Gasteiger charge is -2.32. The van der Waals surface area contributed by atoms with Gasteiger partial charge in [0.2, 0.25) is 0 Å². The number of hydrogen-bond donors (Lipinski definition) is 0. The summed E-state index contributed by atoms with van der Waals surface area (Å²) in [7, 11) is 0.157. The van der Waals surface area contributed by atoms with Gasteiger partial charge in [0.1, 0.15) is 5.60 Å². The molecule has 0 aliphatic carbocycles. The fourth-order valence-corrected chi connectivity index (χ4v) is 2.49. The predicted molar refractivity (Wildman–Crippen MR) is 64.4 cm³/mol. The van der Waals surface area contributed by atoms with Crippen LogP contribution >= 0.6 is 0 Å². The first kappa shape index (κ1) is 14.1. The third-order valence-corrected chi connectivity index (χ3v) is 4.37. The molecule has 0 aliphatic rings. The molecule has 0 fully saturated rings. The Morgan fingerprint density at radius 3 is 1.53 bits per heavy atom. The van der Waals surface area contributed by atoms with Crippen molar-refractivity contribution in [1.82, 2.24) is 0 Å². The Labute approximate surface area is 92.7 Å². The van der Waals surface area contributed by atoms with Crippen molar-refractivity contribution in [1.29, 1.82) is 0 Å². The molecule has 0 bridgehead atoms. The van der Waals surface area contributed by atoms with E-state index in [-0.39, 0.29) is 0 Å². The molecule has 0 saturated heterocycles. The molecule has 84 valence electrons. The zero-order valence-electron chi connectivity index (χ0n) is 9.36. The van der Waals surface area contributed by atoms with Gasteiger partial charge in [-0.2, -0.15) is 0 Å². The third-order valence-electron chi connectivity index (χ3n) is 2.10. The Morgan fingerprint density at radius 2 is 1.33 bits per heavy atom. The van der Waals surface area contributed by atoms with Crippen LogP contribution in [-0.4, -0.2) is 28.6 Å². The molecule has 0 aromatic carbocycles. The van der Waals surface area contributed by atoms with E-state index in [1.54, 1.807) is 18.2 Å². The Hall–Kier alpha value is -0.943. The molecular weight excluding hydrogens is 208 g/mol. The average Bonchev–Trinajstić information content (AvgIpc) is 2.33. The summed E-state index contributed by atoms with van der Waals surface area (Å²) in [5, 5.41) is 0. The van der Waals surface area contributed by atoms with Crippen LogP contribution in [0.1, 0.15) is 0 Å². The predicted octanol–water partition coefficient (Wildman–Crippen LogP) is 2.26. The first-order valence-corrected chi connectivity index (χ1v) is 6.22. The Morgan fingerprint density at radius 1 is 0.933 bits per heavy atom. The zero-order valence-corrected chi connectivity index (χ0v) is 10.4. The standard InChI is InChI=1S/C11H18O3Si/c1-7-11(8-2,9-3)14-15(10-4,12-5)13-6/h7-10H,1-4H2,5-6H3. The minimum atomic E-state index is -2.87. The molecule has 0 rings (SSSR count). The molecular formula is C11H18O3Si. The van der Waals surface area contributed by atoms with Gasteiger partial charge in [-0.15, -0.1) is 0 Å². The highest BCUT2D eigenvalue weighted by molar-refractivity contribution is 6.66. The highest BCUT2D eigenvalue weighted by Crippen LogP contribution is 2.23. The SMILES string of the molecule is C=CC(C=C)(C=C)O[Si](C=C)(OC)OC. The van der Waals surface area contributed by atoms with Gasteiger partial charge in [-0.1, -0.05) is 44.5 Å². The Bertz CT molecular complexity index is 235. The summed E-state index contributed by atoms with van der Waals surface area (Å²) in [6, 6.07) is 0. The lowest BCUT2D eigenvalue weighted by molar-refractivity contribution is 0.0725. The minimum Gasteiger partial charge on any atom is -0.374 e. The van der Waals surface area contributed by atoms with Crippen molar-refractivity contribution in [2.75, 3.05) is 14.2 Å².